The van der Waals surface area contributed by atoms with E-state index in [0.29, 0.717) is 12.2 Å². The van der Waals surface area contributed by atoms with Gasteiger partial charge in [-0.25, -0.2) is 4.98 Å². The monoisotopic (exact) mass is 309 g/mol. The van der Waals surface area contributed by atoms with Crippen LogP contribution in [0.25, 0.3) is 0 Å². The summed E-state index contributed by atoms with van der Waals surface area (Å²) in [5.41, 5.74) is 0.107. The lowest BCUT2D eigenvalue weighted by molar-refractivity contribution is -0.384. The Hall–Kier alpha value is -2.48. The van der Waals surface area contributed by atoms with Crippen LogP contribution < -0.4 is 5.32 Å². The molecule has 0 unspecified atom stereocenters. The van der Waals surface area contributed by atoms with Gasteiger partial charge in [0.2, 0.25) is 5.82 Å². The number of non-ortho nitro benzene ring substituents is 1. The topological polar surface area (TPSA) is 114 Å². The van der Waals surface area contributed by atoms with Crippen molar-refractivity contribution in [2.24, 2.45) is 0 Å². The molecule has 9 heteroatoms. The number of H-pyrrole nitrogens is 1. The molecule has 1 aromatic carbocycles. The maximum absolute atomic E-state index is 12.0. The molecule has 0 aliphatic carbocycles. The molecule has 1 heterocycles. The summed E-state index contributed by atoms with van der Waals surface area (Å²) in [7, 11) is 0. The van der Waals surface area contributed by atoms with Crippen LogP contribution in [0, 0.1) is 10.1 Å². The van der Waals surface area contributed by atoms with Crippen molar-refractivity contribution < 1.29 is 9.72 Å². The summed E-state index contributed by atoms with van der Waals surface area (Å²) in [5, 5.41) is 19.7. The average molecular weight is 310 g/mol. The third kappa shape index (κ3) is 3.54. The molecule has 0 atom stereocenters. The first-order chi connectivity index (χ1) is 10.0. The molecular weight excluding hydrogens is 298 g/mol. The molecule has 2 aromatic rings. The maximum atomic E-state index is 12.0. The number of aromatic amines is 1. The maximum Gasteiger partial charge on any atom is 0.295 e. The number of nitro benzene ring substituents is 1. The fourth-order valence-electron chi connectivity index (χ4n) is 1.64. The van der Waals surface area contributed by atoms with Crippen LogP contribution >= 0.6 is 11.6 Å². The molecule has 0 radical (unpaired) electrons. The number of rotatable bonds is 5. The van der Waals surface area contributed by atoms with Crippen LogP contribution in [-0.4, -0.2) is 26.0 Å². The first kappa shape index (κ1) is 14.9. The Kier molecular flexibility index (Phi) is 4.49. The highest BCUT2D eigenvalue weighted by atomic mass is 35.5. The Labute approximate surface area is 124 Å². The van der Waals surface area contributed by atoms with Crippen molar-refractivity contribution in [3.8, 4) is 0 Å². The van der Waals surface area contributed by atoms with E-state index in [9.17, 15) is 14.9 Å². The SMILES string of the molecule is CCCc1nc(C(=O)Nc2ccc([N+](=O)[O-])cc2Cl)n[nH]1. The fourth-order valence-corrected chi connectivity index (χ4v) is 1.86. The molecule has 0 aliphatic heterocycles. The first-order valence-corrected chi connectivity index (χ1v) is 6.55. The molecule has 0 saturated carbocycles. The van der Waals surface area contributed by atoms with Crippen molar-refractivity contribution in [1.82, 2.24) is 15.2 Å². The Morgan fingerprint density at radius 3 is 2.90 bits per heavy atom. The summed E-state index contributed by atoms with van der Waals surface area (Å²) < 4.78 is 0. The van der Waals surface area contributed by atoms with Crippen LogP contribution in [-0.2, 0) is 6.42 Å². The van der Waals surface area contributed by atoms with E-state index < -0.39 is 10.8 Å². The zero-order valence-corrected chi connectivity index (χ0v) is 11.8. The highest BCUT2D eigenvalue weighted by molar-refractivity contribution is 6.34. The fraction of sp³-hybridized carbons (Fsp3) is 0.250. The van der Waals surface area contributed by atoms with Crippen molar-refractivity contribution in [1.29, 1.82) is 0 Å². The molecule has 1 amide bonds. The van der Waals surface area contributed by atoms with E-state index in [0.717, 1.165) is 12.5 Å². The quantitative estimate of drug-likeness (QED) is 0.650. The van der Waals surface area contributed by atoms with E-state index >= 15 is 0 Å². The molecule has 2 rings (SSSR count). The van der Waals surface area contributed by atoms with Crippen LogP contribution in [0.1, 0.15) is 29.8 Å². The number of nitro groups is 1. The van der Waals surface area contributed by atoms with Gasteiger partial charge < -0.3 is 5.32 Å². The second-order valence-corrected chi connectivity index (χ2v) is 4.64. The molecule has 0 fully saturated rings. The predicted octanol–water partition coefficient (Wildman–Crippen LogP) is 2.57. The molecule has 21 heavy (non-hydrogen) atoms. The molecule has 110 valence electrons. The van der Waals surface area contributed by atoms with Gasteiger partial charge in [0.25, 0.3) is 11.6 Å². The molecule has 1 aromatic heterocycles. The molecule has 2 N–H and O–H groups in total. The number of nitrogens with zero attached hydrogens (tertiary/aromatic N) is 3. The number of halogens is 1. The van der Waals surface area contributed by atoms with Crippen LogP contribution in [0.4, 0.5) is 11.4 Å². The van der Waals surface area contributed by atoms with Crippen LogP contribution in [0.3, 0.4) is 0 Å². The van der Waals surface area contributed by atoms with Crippen molar-refractivity contribution in [2.75, 3.05) is 5.32 Å². The van der Waals surface area contributed by atoms with Gasteiger partial charge in [0.1, 0.15) is 5.82 Å². The van der Waals surface area contributed by atoms with Crippen molar-refractivity contribution in [3.05, 3.63) is 45.0 Å². The van der Waals surface area contributed by atoms with E-state index in [1.807, 2.05) is 6.92 Å². The summed E-state index contributed by atoms with van der Waals surface area (Å²) in [5.74, 6) is 0.0784. The van der Waals surface area contributed by atoms with Gasteiger partial charge >= 0.3 is 0 Å². The average Bonchev–Trinajstić information content (AvgIpc) is 2.90. The zero-order chi connectivity index (χ0) is 15.4. The summed E-state index contributed by atoms with van der Waals surface area (Å²) in [6, 6.07) is 3.78. The van der Waals surface area contributed by atoms with Gasteiger partial charge in [0, 0.05) is 18.6 Å². The molecule has 0 aliphatic rings. The number of carbonyl (C=O) groups excluding carboxylic acids is 1. The van der Waals surface area contributed by atoms with Gasteiger partial charge in [0.15, 0.2) is 0 Å². The Bertz CT molecular complexity index is 685. The standard InChI is InChI=1S/C12H12ClN5O3/c1-2-3-10-15-11(17-16-10)12(19)14-9-5-4-7(18(20)21)6-8(9)13/h4-6H,2-3H2,1H3,(H,14,19)(H,15,16,17). The highest BCUT2D eigenvalue weighted by Crippen LogP contribution is 2.26. The molecule has 8 nitrogen and oxygen atoms in total. The third-order valence-electron chi connectivity index (χ3n) is 2.63. The normalized spacial score (nSPS) is 10.4. The van der Waals surface area contributed by atoms with E-state index in [1.54, 1.807) is 0 Å². The number of hydrogen-bond donors (Lipinski definition) is 2. The minimum atomic E-state index is -0.566. The van der Waals surface area contributed by atoms with Gasteiger partial charge in [-0.3, -0.25) is 20.0 Å². The van der Waals surface area contributed by atoms with Gasteiger partial charge in [-0.2, -0.15) is 0 Å². The van der Waals surface area contributed by atoms with Crippen LogP contribution in [0.15, 0.2) is 18.2 Å². The van der Waals surface area contributed by atoms with Crippen molar-refractivity contribution in [2.45, 2.75) is 19.8 Å². The van der Waals surface area contributed by atoms with Gasteiger partial charge in [-0.05, 0) is 12.5 Å². The second kappa shape index (κ2) is 6.31. The number of hydrogen-bond acceptors (Lipinski definition) is 5. The van der Waals surface area contributed by atoms with Gasteiger partial charge in [-0.15, -0.1) is 5.10 Å². The number of aromatic nitrogens is 3. The lowest BCUT2D eigenvalue weighted by Crippen LogP contribution is -2.14. The number of nitrogens with one attached hydrogen (secondary N) is 2. The summed E-state index contributed by atoms with van der Waals surface area (Å²) >= 11 is 5.89. The minimum Gasteiger partial charge on any atom is -0.318 e. The van der Waals surface area contributed by atoms with Gasteiger partial charge in [-0.1, -0.05) is 18.5 Å². The Morgan fingerprint density at radius 1 is 1.52 bits per heavy atom. The smallest absolute Gasteiger partial charge is 0.295 e. The second-order valence-electron chi connectivity index (χ2n) is 4.23. The van der Waals surface area contributed by atoms with E-state index in [2.05, 4.69) is 20.5 Å². The number of aryl methyl sites for hydroxylation is 1. The lowest BCUT2D eigenvalue weighted by atomic mass is 10.3. The molecule has 0 saturated heterocycles. The van der Waals surface area contributed by atoms with Gasteiger partial charge in [0.05, 0.1) is 15.6 Å². The molecular formula is C12H12ClN5O3. The highest BCUT2D eigenvalue weighted by Gasteiger charge is 2.15. The number of benzene rings is 1. The summed E-state index contributed by atoms with van der Waals surface area (Å²) in [4.78, 5) is 26.0. The zero-order valence-electron chi connectivity index (χ0n) is 11.1. The van der Waals surface area contributed by atoms with Crippen molar-refractivity contribution >= 4 is 28.9 Å². The Balaban J connectivity index is 2.13. The Morgan fingerprint density at radius 2 is 2.29 bits per heavy atom. The van der Waals surface area contributed by atoms with E-state index in [1.165, 1.54) is 12.1 Å². The molecule has 0 spiro atoms. The predicted molar refractivity (Wildman–Crippen MR) is 76.4 cm³/mol. The summed E-state index contributed by atoms with van der Waals surface area (Å²) in [6.07, 6.45) is 1.57. The first-order valence-electron chi connectivity index (χ1n) is 6.17. The lowest BCUT2D eigenvalue weighted by Gasteiger charge is -2.04. The minimum absolute atomic E-state index is 0.00660. The largest absolute Gasteiger partial charge is 0.318 e. The molecule has 0 bridgehead atoms. The number of carbonyl (C=O) groups is 1. The summed E-state index contributed by atoms with van der Waals surface area (Å²) in [6.45, 7) is 1.99. The third-order valence-corrected chi connectivity index (χ3v) is 2.95. The van der Waals surface area contributed by atoms with Crippen LogP contribution in [0.5, 0.6) is 0 Å². The van der Waals surface area contributed by atoms with E-state index in [4.69, 9.17) is 11.6 Å². The van der Waals surface area contributed by atoms with Crippen molar-refractivity contribution in [3.63, 3.8) is 0 Å². The van der Waals surface area contributed by atoms with Crippen LogP contribution in [0.2, 0.25) is 5.02 Å². The number of anilines is 1. The van der Waals surface area contributed by atoms with E-state index in [-0.39, 0.29) is 22.2 Å². The number of amides is 1.